The zero-order valence-electron chi connectivity index (χ0n) is 31.1. The van der Waals surface area contributed by atoms with Gasteiger partial charge < -0.3 is 20.7 Å². The summed E-state index contributed by atoms with van der Waals surface area (Å²) in [4.78, 5) is 40.0. The van der Waals surface area contributed by atoms with E-state index in [1.807, 2.05) is 60.7 Å². The van der Waals surface area contributed by atoms with E-state index in [9.17, 15) is 9.59 Å². The highest BCUT2D eigenvalue weighted by atomic mass is 19.1. The Morgan fingerprint density at radius 2 is 1.57 bits per heavy atom. The Hall–Kier alpha value is -5.60. The molecule has 1 saturated carbocycles. The molecule has 1 aliphatic carbocycles. The third kappa shape index (κ3) is 6.49. The Labute approximate surface area is 324 Å². The number of anilines is 3. The third-order valence-corrected chi connectivity index (χ3v) is 12.7. The van der Waals surface area contributed by atoms with Crippen LogP contribution >= 0.6 is 0 Å². The molecular formula is C42H45FN10O3. The highest BCUT2D eigenvalue weighted by Gasteiger charge is 2.47. The molecule has 2 aromatic heterocycles. The number of imide groups is 1. The number of fused-ring (bicyclic) bond motifs is 2. The zero-order chi connectivity index (χ0) is 37.9. The van der Waals surface area contributed by atoms with Crippen LogP contribution in [0.1, 0.15) is 38.1 Å². The molecule has 4 unspecified atom stereocenters. The van der Waals surface area contributed by atoms with E-state index in [4.69, 9.17) is 20.6 Å². The van der Waals surface area contributed by atoms with Crippen molar-refractivity contribution in [3.05, 3.63) is 84.9 Å². The summed E-state index contributed by atoms with van der Waals surface area (Å²) in [5.41, 5.74) is 10.1. The Morgan fingerprint density at radius 3 is 2.32 bits per heavy atom. The lowest BCUT2D eigenvalue weighted by molar-refractivity contribution is -0.133. The summed E-state index contributed by atoms with van der Waals surface area (Å²) in [6.45, 7) is 5.93. The lowest BCUT2D eigenvalue weighted by Crippen LogP contribution is -2.62. The van der Waals surface area contributed by atoms with Crippen molar-refractivity contribution >= 4 is 40.0 Å². The standard InChI is InChI=1S/C42H45FN10O3/c43-34-18-28(47-35-11-13-37(54)48-42(35)55)8-12-36(34)50-15-14-29(21-50)52-22-31(23-52)51-19-26-16-30(17-27(26)20-51)53-41-38(40(44)45-24-46-41)39(49-53)25-6-9-33(10-7-25)56-32-4-2-1-3-5-32/h1-10,12,18,24,26-27,29-31,35,47H,11,13-17,19-23H2,(H2,44,45,46)(H,48,54,55). The third-order valence-electron chi connectivity index (χ3n) is 12.7. The highest BCUT2D eigenvalue weighted by Crippen LogP contribution is 2.47. The molecule has 4 saturated heterocycles. The van der Waals surface area contributed by atoms with Gasteiger partial charge in [0, 0.05) is 69.0 Å². The Morgan fingerprint density at radius 1 is 0.821 bits per heavy atom. The largest absolute Gasteiger partial charge is 0.457 e. The molecule has 4 aliphatic heterocycles. The Kier molecular flexibility index (Phi) is 8.81. The fourth-order valence-corrected chi connectivity index (χ4v) is 9.72. The van der Waals surface area contributed by atoms with Crippen molar-refractivity contribution < 1.29 is 18.7 Å². The topological polar surface area (TPSA) is 147 Å². The average Bonchev–Trinajstić information content (AvgIpc) is 3.97. The number of para-hydroxylation sites is 1. The van der Waals surface area contributed by atoms with Gasteiger partial charge in [-0.05, 0) is 92.1 Å². The SMILES string of the molecule is Nc1ncnc2c1c(-c1ccc(Oc3ccccc3)cc1)nn2C1CC2CN(C3CN(C4CCN(c5ccc(NC6CCC(=O)NC6=O)cc5F)C4)C3)CC2C1. The number of amides is 2. The number of ether oxygens (including phenoxy) is 1. The number of nitrogens with two attached hydrogens (primary N) is 1. The zero-order valence-corrected chi connectivity index (χ0v) is 31.1. The second kappa shape index (κ2) is 14.2. The molecule has 0 bridgehead atoms. The molecule has 5 aromatic rings. The van der Waals surface area contributed by atoms with Gasteiger partial charge in [0.1, 0.15) is 41.2 Å². The molecule has 288 valence electrons. The van der Waals surface area contributed by atoms with E-state index in [0.717, 1.165) is 92.3 Å². The summed E-state index contributed by atoms with van der Waals surface area (Å²) < 4.78 is 23.5. The fourth-order valence-electron chi connectivity index (χ4n) is 9.72. The number of carbonyl (C=O) groups excluding carboxylic acids is 2. The number of aromatic nitrogens is 4. The molecule has 5 aliphatic rings. The molecule has 5 fully saturated rings. The van der Waals surface area contributed by atoms with Crippen molar-refractivity contribution in [2.75, 3.05) is 55.2 Å². The maximum atomic E-state index is 15.3. The van der Waals surface area contributed by atoms with Crippen LogP contribution in [-0.2, 0) is 9.59 Å². The summed E-state index contributed by atoms with van der Waals surface area (Å²) in [7, 11) is 0. The number of hydrogen-bond acceptors (Lipinski definition) is 11. The van der Waals surface area contributed by atoms with Gasteiger partial charge in [0.05, 0.1) is 17.1 Å². The van der Waals surface area contributed by atoms with E-state index in [-0.39, 0.29) is 30.1 Å². The van der Waals surface area contributed by atoms with E-state index < -0.39 is 6.04 Å². The quantitative estimate of drug-likeness (QED) is 0.173. The van der Waals surface area contributed by atoms with Gasteiger partial charge in [-0.25, -0.2) is 19.0 Å². The van der Waals surface area contributed by atoms with Gasteiger partial charge in [0.25, 0.3) is 0 Å². The van der Waals surface area contributed by atoms with Crippen LogP contribution in [-0.4, -0.2) is 98.8 Å². The summed E-state index contributed by atoms with van der Waals surface area (Å²) in [5.74, 6) is 2.27. The summed E-state index contributed by atoms with van der Waals surface area (Å²) in [5, 5.41) is 11.4. The number of hydrogen-bond donors (Lipinski definition) is 3. The van der Waals surface area contributed by atoms with Crippen LogP contribution in [0.2, 0.25) is 0 Å². The van der Waals surface area contributed by atoms with Crippen molar-refractivity contribution in [1.29, 1.82) is 0 Å². The minimum atomic E-state index is -0.540. The predicted octanol–water partition coefficient (Wildman–Crippen LogP) is 5.07. The number of nitrogen functional groups attached to an aromatic ring is 1. The van der Waals surface area contributed by atoms with Crippen molar-refractivity contribution in [1.82, 2.24) is 34.9 Å². The first-order chi connectivity index (χ1) is 27.3. The van der Waals surface area contributed by atoms with Crippen molar-refractivity contribution in [3.63, 3.8) is 0 Å². The summed E-state index contributed by atoms with van der Waals surface area (Å²) >= 11 is 0. The number of halogens is 1. The van der Waals surface area contributed by atoms with E-state index >= 15 is 4.39 Å². The van der Waals surface area contributed by atoms with Crippen molar-refractivity contribution in [2.45, 2.75) is 56.3 Å². The number of benzene rings is 3. The molecule has 14 heteroatoms. The van der Waals surface area contributed by atoms with Crippen molar-refractivity contribution in [3.8, 4) is 22.8 Å². The van der Waals surface area contributed by atoms with Crippen LogP contribution in [0.25, 0.3) is 22.3 Å². The lowest BCUT2D eigenvalue weighted by atomic mass is 10.0. The van der Waals surface area contributed by atoms with Crippen LogP contribution in [0.5, 0.6) is 11.5 Å². The number of nitrogens with zero attached hydrogens (tertiary/aromatic N) is 7. The number of likely N-dealkylation sites (tertiary alicyclic amines) is 2. The van der Waals surface area contributed by atoms with Crippen LogP contribution in [0.3, 0.4) is 0 Å². The average molecular weight is 757 g/mol. The molecule has 13 nitrogen and oxygen atoms in total. The molecule has 6 heterocycles. The minimum absolute atomic E-state index is 0.253. The molecule has 4 atom stereocenters. The van der Waals surface area contributed by atoms with Gasteiger partial charge >= 0.3 is 0 Å². The minimum Gasteiger partial charge on any atom is -0.457 e. The normalized spacial score (nSPS) is 25.7. The second-order valence-electron chi connectivity index (χ2n) is 16.1. The number of rotatable bonds is 9. The monoisotopic (exact) mass is 756 g/mol. The van der Waals surface area contributed by atoms with Crippen LogP contribution in [0.15, 0.2) is 79.1 Å². The van der Waals surface area contributed by atoms with Gasteiger partial charge in [-0.3, -0.25) is 24.7 Å². The first-order valence-electron chi connectivity index (χ1n) is 19.8. The molecule has 0 radical (unpaired) electrons. The first kappa shape index (κ1) is 34.9. The Bertz CT molecular complexity index is 2270. The van der Waals surface area contributed by atoms with Gasteiger partial charge in [0.2, 0.25) is 11.8 Å². The smallest absolute Gasteiger partial charge is 0.249 e. The van der Waals surface area contributed by atoms with E-state index in [1.54, 1.807) is 6.07 Å². The molecule has 3 aromatic carbocycles. The van der Waals surface area contributed by atoms with E-state index in [1.165, 1.54) is 12.4 Å². The van der Waals surface area contributed by atoms with Crippen molar-refractivity contribution in [2.24, 2.45) is 11.8 Å². The second-order valence-corrected chi connectivity index (χ2v) is 16.1. The van der Waals surface area contributed by atoms with Crippen LogP contribution in [0.4, 0.5) is 21.6 Å². The van der Waals surface area contributed by atoms with Gasteiger partial charge in [-0.2, -0.15) is 5.10 Å². The molecule has 10 rings (SSSR count). The van der Waals surface area contributed by atoms with E-state index in [2.05, 4.69) is 35.0 Å². The maximum Gasteiger partial charge on any atom is 0.249 e. The Balaban J connectivity index is 0.738. The number of piperidine rings is 1. The number of nitrogens with one attached hydrogen (secondary N) is 2. The van der Waals surface area contributed by atoms with E-state index in [0.29, 0.717) is 47.5 Å². The van der Waals surface area contributed by atoms with Gasteiger partial charge in [-0.1, -0.05) is 18.2 Å². The molecule has 56 heavy (non-hydrogen) atoms. The molecule has 2 amide bonds. The number of carbonyl (C=O) groups is 2. The van der Waals surface area contributed by atoms with Gasteiger partial charge in [-0.15, -0.1) is 0 Å². The maximum absolute atomic E-state index is 15.3. The van der Waals surface area contributed by atoms with Crippen LogP contribution in [0, 0.1) is 17.7 Å². The van der Waals surface area contributed by atoms with Crippen LogP contribution < -0.4 is 26.0 Å². The summed E-state index contributed by atoms with van der Waals surface area (Å²) in [6.07, 6.45) is 5.34. The first-order valence-corrected chi connectivity index (χ1v) is 19.8. The fraction of sp³-hybridized carbons (Fsp3) is 0.405. The predicted molar refractivity (Wildman–Crippen MR) is 211 cm³/mol. The lowest BCUT2D eigenvalue weighted by Gasteiger charge is -2.47. The summed E-state index contributed by atoms with van der Waals surface area (Å²) in [6, 6.07) is 23.4. The molecular weight excluding hydrogens is 712 g/mol. The molecule has 0 spiro atoms. The van der Waals surface area contributed by atoms with Gasteiger partial charge in [0.15, 0.2) is 5.65 Å². The highest BCUT2D eigenvalue weighted by molar-refractivity contribution is 6.01. The molecule has 4 N–H and O–H groups in total.